The summed E-state index contributed by atoms with van der Waals surface area (Å²) in [6.45, 7) is 13.0. The molecule has 0 aliphatic rings. The van der Waals surface area contributed by atoms with Crippen LogP contribution in [0.3, 0.4) is 0 Å². The zero-order chi connectivity index (χ0) is 11.6. The van der Waals surface area contributed by atoms with Crippen LogP contribution in [0.2, 0.25) is 14.6 Å². The Morgan fingerprint density at radius 1 is 0.615 bits per heavy atom. The quantitative estimate of drug-likeness (QED) is 0.354. The van der Waals surface area contributed by atoms with E-state index in [9.17, 15) is 0 Å². The van der Waals surface area contributed by atoms with E-state index in [0.717, 1.165) is 0 Å². The van der Waals surface area contributed by atoms with Crippen molar-refractivity contribution >= 4 is 47.4 Å². The molecule has 0 fully saturated rings. The Hall–Kier alpha value is 0.0177. The summed E-state index contributed by atoms with van der Waals surface area (Å²) in [5.41, 5.74) is 0. The van der Waals surface area contributed by atoms with Crippen LogP contribution in [0.15, 0.2) is 0 Å². The summed E-state index contributed by atoms with van der Waals surface area (Å²) in [6, 6.07) is 0. The average molecular weight is 340 g/mol. The van der Waals surface area contributed by atoms with Gasteiger partial charge in [-0.2, -0.15) is 0 Å². The van der Waals surface area contributed by atoms with Gasteiger partial charge in [-0.15, -0.1) is 0 Å². The van der Waals surface area contributed by atoms with Crippen LogP contribution in [-0.4, -0.2) is 47.4 Å². The molecule has 4 nitrogen and oxygen atoms in total. The Kier molecular flexibility index (Phi) is 470. The van der Waals surface area contributed by atoms with Crippen molar-refractivity contribution in [2.75, 3.05) is 0 Å². The van der Waals surface area contributed by atoms with E-state index in [-0.39, 0.29) is 17.1 Å². The number of carbonyl (C=O) groups excluding carboxylic acids is 4. The van der Waals surface area contributed by atoms with E-state index in [1.165, 1.54) is 0 Å². The van der Waals surface area contributed by atoms with Crippen LogP contribution in [-0.2, 0) is 36.2 Å². The molecule has 6 heteroatoms. The van der Waals surface area contributed by atoms with Gasteiger partial charge >= 0.3 is 51.9 Å². The van der Waals surface area contributed by atoms with Gasteiger partial charge in [0.25, 0.3) is 0 Å². The van der Waals surface area contributed by atoms with Crippen molar-refractivity contribution < 1.29 is 36.2 Å². The fraction of sp³-hybridized carbons (Fsp3) is 0.429. The molecule has 0 N–H and O–H groups in total. The van der Waals surface area contributed by atoms with Gasteiger partial charge in [0.2, 0.25) is 0 Å². The van der Waals surface area contributed by atoms with Gasteiger partial charge in [0.1, 0.15) is 0 Å². The summed E-state index contributed by atoms with van der Waals surface area (Å²) in [4.78, 5) is 38.1. The molecular weight excluding hydrogens is 326 g/mol. The van der Waals surface area contributed by atoms with Gasteiger partial charge in [0.05, 0.1) is 0 Å². The van der Waals surface area contributed by atoms with Crippen LogP contribution in [0.1, 0.15) is 0 Å². The molecule has 0 saturated carbocycles. The van der Waals surface area contributed by atoms with Gasteiger partial charge in [-0.25, -0.2) is 0 Å². The minimum Gasteiger partial charge on any atom is 4.00 e. The van der Waals surface area contributed by atoms with Crippen molar-refractivity contribution in [2.45, 2.75) is 14.6 Å². The summed E-state index contributed by atoms with van der Waals surface area (Å²) in [5, 5.41) is 0. The van der Waals surface area contributed by atoms with Gasteiger partial charge in [0, 0.05) is 0 Å². The number of rotatable bonds is 0. The molecule has 1 radical (unpaired) electrons. The van der Waals surface area contributed by atoms with E-state index in [1.807, 2.05) is 0 Å². The number of hydrogen-bond donors (Lipinski definition) is 0. The molecule has 0 spiro atoms. The minimum absolute atomic E-state index is 0. The summed E-state index contributed by atoms with van der Waals surface area (Å²) >= 11 is -0.543. The third-order valence-corrected chi connectivity index (χ3v) is 0. The molecule has 0 aromatic rings. The largest absolute Gasteiger partial charge is 4.00 e. The first-order chi connectivity index (χ1) is 5.73. The molecule has 0 bridgehead atoms. The van der Waals surface area contributed by atoms with E-state index in [4.69, 9.17) is 19.2 Å². The maximum absolute atomic E-state index is 7.75. The first-order valence-corrected chi connectivity index (χ1v) is 11.0. The van der Waals surface area contributed by atoms with Gasteiger partial charge in [0.15, 0.2) is 0 Å². The van der Waals surface area contributed by atoms with Crippen LogP contribution >= 0.6 is 0 Å². The SMILES string of the molecule is [CH-]=O.[CH-]=O.[CH-]=O.[CH-]=O.[CH3][SbH]([CH3])[CH3].[Fe+4]. The van der Waals surface area contributed by atoms with E-state index in [2.05, 4.69) is 41.8 Å². The van der Waals surface area contributed by atoms with Crippen molar-refractivity contribution in [3.05, 3.63) is 0 Å². The normalized spacial score (nSPS) is 4.00. The second-order valence-electron chi connectivity index (χ2n) is 1.50. The standard InChI is InChI=1S/4CHO.3CH3.Fe.Sb.H/c4*1-2;;;;;;/h4*1H;3*1H3;;;/q4*-1;;;;+4;;. The second-order valence-corrected chi connectivity index (χ2v) is 10.1. The molecule has 0 aliphatic heterocycles. The topological polar surface area (TPSA) is 68.3 Å². The van der Waals surface area contributed by atoms with Gasteiger partial charge in [-0.05, 0) is 0 Å². The average Bonchev–Trinajstić information content (AvgIpc) is 2.16. The van der Waals surface area contributed by atoms with Crippen molar-refractivity contribution in [2.24, 2.45) is 0 Å². The van der Waals surface area contributed by atoms with Crippen molar-refractivity contribution in [3.8, 4) is 0 Å². The summed E-state index contributed by atoms with van der Waals surface area (Å²) in [6.07, 6.45) is 0. The van der Waals surface area contributed by atoms with E-state index < -0.39 is 20.2 Å². The Morgan fingerprint density at radius 2 is 0.615 bits per heavy atom. The van der Waals surface area contributed by atoms with Crippen LogP contribution in [0.5, 0.6) is 0 Å². The summed E-state index contributed by atoms with van der Waals surface area (Å²) in [5.74, 6) is 0. The first-order valence-electron chi connectivity index (χ1n) is 2.44. The molecule has 0 saturated heterocycles. The molecule has 0 unspecified atom stereocenters. The van der Waals surface area contributed by atoms with Gasteiger partial charge < -0.3 is 19.2 Å². The molecule has 0 heterocycles. The molecule has 13 heavy (non-hydrogen) atoms. The third kappa shape index (κ3) is 3870000. The Balaban J connectivity index is -0.0000000122. The maximum Gasteiger partial charge on any atom is 4.00 e. The van der Waals surface area contributed by atoms with Crippen LogP contribution in [0.25, 0.3) is 0 Å². The molecule has 0 aliphatic carbocycles. The fourth-order valence-electron chi connectivity index (χ4n) is 0. The van der Waals surface area contributed by atoms with Gasteiger partial charge in [-0.3, -0.25) is 27.2 Å². The van der Waals surface area contributed by atoms with Crippen molar-refractivity contribution in [1.82, 2.24) is 0 Å². The van der Waals surface area contributed by atoms with Crippen molar-refractivity contribution in [3.63, 3.8) is 0 Å². The maximum atomic E-state index is 7.75. The minimum atomic E-state index is -0.543. The van der Waals surface area contributed by atoms with E-state index in [1.54, 1.807) is 0 Å². The third-order valence-electron chi connectivity index (χ3n) is 0. The first kappa shape index (κ1) is 38.2. The predicted molar refractivity (Wildman–Crippen MR) is 51.7 cm³/mol. The zero-order valence-electron chi connectivity index (χ0n) is 7.80. The zero-order valence-corrected chi connectivity index (χ0v) is 11.8. The predicted octanol–water partition coefficient (Wildman–Crippen LogP) is 0.00400. The molecule has 0 amide bonds. The Morgan fingerprint density at radius 3 is 0.615 bits per heavy atom. The summed E-state index contributed by atoms with van der Waals surface area (Å²) in [7, 11) is 0. The second kappa shape index (κ2) is 160. The molecule has 0 rings (SSSR count). The monoisotopic (exact) mass is 339 g/mol. The Labute approximate surface area is 97.9 Å². The van der Waals surface area contributed by atoms with Crippen LogP contribution in [0, 0.1) is 0 Å². The molecule has 0 aromatic heterocycles. The fourth-order valence-corrected chi connectivity index (χ4v) is 0. The van der Waals surface area contributed by atoms with Crippen LogP contribution < -0.4 is 0 Å². The number of hydrogen-bond acceptors (Lipinski definition) is 4. The Bertz CT molecular complexity index is 47.0. The molecule has 0 atom stereocenters. The van der Waals surface area contributed by atoms with E-state index in [0.29, 0.717) is 0 Å². The molecular formula is C7H14FeO4Sb. The van der Waals surface area contributed by atoms with Crippen LogP contribution in [0.4, 0.5) is 0 Å². The summed E-state index contributed by atoms with van der Waals surface area (Å²) < 4.78 is 0. The van der Waals surface area contributed by atoms with Gasteiger partial charge in [-0.1, -0.05) is 0 Å². The molecule has 79 valence electrons. The molecule has 0 aromatic carbocycles. The van der Waals surface area contributed by atoms with Crippen molar-refractivity contribution in [1.29, 1.82) is 0 Å². The van der Waals surface area contributed by atoms with E-state index >= 15 is 0 Å². The smallest absolute Gasteiger partial charge is 4.00 e.